The molecule has 2 bridgehead atoms. The minimum absolute atomic E-state index is 0.242. The zero-order valence-corrected chi connectivity index (χ0v) is 11.2. The maximum atomic E-state index is 12.6. The Bertz CT molecular complexity index is 315. The number of amides is 1. The van der Waals surface area contributed by atoms with Gasteiger partial charge in [-0.2, -0.15) is 0 Å². The highest BCUT2D eigenvalue weighted by Gasteiger charge is 2.44. The van der Waals surface area contributed by atoms with Crippen LogP contribution in [0.15, 0.2) is 0 Å². The van der Waals surface area contributed by atoms with Gasteiger partial charge in [-0.3, -0.25) is 4.79 Å². The highest BCUT2D eigenvalue weighted by atomic mass is 16.5. The van der Waals surface area contributed by atoms with E-state index in [1.165, 1.54) is 12.8 Å². The lowest BCUT2D eigenvalue weighted by molar-refractivity contribution is -0.136. The number of carbonyl (C=O) groups is 1. The van der Waals surface area contributed by atoms with Gasteiger partial charge in [0.2, 0.25) is 5.91 Å². The molecule has 4 unspecified atom stereocenters. The molecule has 102 valence electrons. The summed E-state index contributed by atoms with van der Waals surface area (Å²) >= 11 is 0. The van der Waals surface area contributed by atoms with Crippen molar-refractivity contribution in [2.75, 3.05) is 26.3 Å². The van der Waals surface area contributed by atoms with Crippen molar-refractivity contribution < 1.29 is 9.53 Å². The van der Waals surface area contributed by atoms with Gasteiger partial charge in [-0.25, -0.2) is 0 Å². The summed E-state index contributed by atoms with van der Waals surface area (Å²) < 4.78 is 5.41. The quantitative estimate of drug-likeness (QED) is 0.812. The molecule has 3 saturated heterocycles. The molecule has 1 N–H and O–H groups in total. The number of rotatable bonds is 4. The molecule has 0 radical (unpaired) electrons. The number of nitrogens with zero attached hydrogens (tertiary/aromatic N) is 1. The molecule has 3 aliphatic heterocycles. The van der Waals surface area contributed by atoms with Crippen molar-refractivity contribution in [3.05, 3.63) is 0 Å². The molecule has 4 atom stereocenters. The minimum atomic E-state index is 0.242. The van der Waals surface area contributed by atoms with E-state index in [-0.39, 0.29) is 5.92 Å². The molecule has 3 fully saturated rings. The molecule has 3 heterocycles. The van der Waals surface area contributed by atoms with Crippen LogP contribution < -0.4 is 5.32 Å². The van der Waals surface area contributed by atoms with E-state index in [0.717, 1.165) is 39.1 Å². The molecule has 0 aromatic heterocycles. The van der Waals surface area contributed by atoms with Crippen molar-refractivity contribution in [3.8, 4) is 0 Å². The van der Waals surface area contributed by atoms with Crippen molar-refractivity contribution in [2.45, 2.75) is 44.7 Å². The molecule has 3 aliphatic rings. The second-order valence-electron chi connectivity index (χ2n) is 6.00. The first-order valence-corrected chi connectivity index (χ1v) is 7.40. The maximum absolute atomic E-state index is 12.6. The second kappa shape index (κ2) is 5.17. The van der Waals surface area contributed by atoms with Crippen molar-refractivity contribution >= 4 is 5.91 Å². The van der Waals surface area contributed by atoms with E-state index in [4.69, 9.17) is 4.74 Å². The number of carbonyl (C=O) groups excluding carboxylic acids is 1. The fraction of sp³-hybridized carbons (Fsp3) is 0.929. The molecular weight excluding hydrogens is 228 g/mol. The predicted molar refractivity (Wildman–Crippen MR) is 69.2 cm³/mol. The summed E-state index contributed by atoms with van der Waals surface area (Å²) in [6.45, 7) is 5.52. The van der Waals surface area contributed by atoms with Crippen molar-refractivity contribution in [1.82, 2.24) is 10.2 Å². The maximum Gasteiger partial charge on any atom is 0.227 e. The molecule has 0 aromatic rings. The van der Waals surface area contributed by atoms with Crippen molar-refractivity contribution in [3.63, 3.8) is 0 Å². The lowest BCUT2D eigenvalue weighted by atomic mass is 9.88. The van der Waals surface area contributed by atoms with Crippen LogP contribution in [0.4, 0.5) is 0 Å². The third-order valence-electron chi connectivity index (χ3n) is 4.81. The molecule has 0 aromatic carbocycles. The van der Waals surface area contributed by atoms with Crippen LogP contribution in [0, 0.1) is 11.8 Å². The third-order valence-corrected chi connectivity index (χ3v) is 4.81. The van der Waals surface area contributed by atoms with Gasteiger partial charge in [-0.1, -0.05) is 0 Å². The Balaban J connectivity index is 1.58. The van der Waals surface area contributed by atoms with Crippen LogP contribution in [0.3, 0.4) is 0 Å². The minimum Gasteiger partial charge on any atom is -0.381 e. The van der Waals surface area contributed by atoms with Crippen LogP contribution in [-0.2, 0) is 9.53 Å². The molecule has 4 nitrogen and oxygen atoms in total. The Kier molecular flexibility index (Phi) is 3.57. The highest BCUT2D eigenvalue weighted by Crippen LogP contribution is 2.34. The number of hydrogen-bond acceptors (Lipinski definition) is 3. The summed E-state index contributed by atoms with van der Waals surface area (Å²) in [5, 5.41) is 3.56. The molecule has 0 aliphatic carbocycles. The van der Waals surface area contributed by atoms with Crippen LogP contribution in [0.1, 0.15) is 32.6 Å². The average molecular weight is 252 g/mol. The number of fused-ring (bicyclic) bond motifs is 2. The van der Waals surface area contributed by atoms with Crippen molar-refractivity contribution in [1.29, 1.82) is 0 Å². The van der Waals surface area contributed by atoms with Gasteiger partial charge in [0, 0.05) is 37.7 Å². The van der Waals surface area contributed by atoms with Crippen LogP contribution in [0.2, 0.25) is 0 Å². The fourth-order valence-corrected chi connectivity index (χ4v) is 3.75. The van der Waals surface area contributed by atoms with Gasteiger partial charge in [0.1, 0.15) is 0 Å². The van der Waals surface area contributed by atoms with E-state index in [1.54, 1.807) is 0 Å². The van der Waals surface area contributed by atoms with Gasteiger partial charge in [0.15, 0.2) is 0 Å². The van der Waals surface area contributed by atoms with Gasteiger partial charge < -0.3 is 15.0 Å². The average Bonchev–Trinajstić information content (AvgIpc) is 3.11. The van der Waals surface area contributed by atoms with Crippen LogP contribution in [0.5, 0.6) is 0 Å². The second-order valence-corrected chi connectivity index (χ2v) is 6.00. The zero-order valence-electron chi connectivity index (χ0n) is 11.2. The summed E-state index contributed by atoms with van der Waals surface area (Å²) in [4.78, 5) is 14.7. The fourth-order valence-electron chi connectivity index (χ4n) is 3.75. The molecule has 4 heteroatoms. The normalized spacial score (nSPS) is 38.3. The van der Waals surface area contributed by atoms with Crippen LogP contribution in [0.25, 0.3) is 0 Å². The summed E-state index contributed by atoms with van der Waals surface area (Å²) in [6, 6.07) is 1.06. The summed E-state index contributed by atoms with van der Waals surface area (Å²) in [5.41, 5.74) is 0. The Hall–Kier alpha value is -0.610. The first-order chi connectivity index (χ1) is 8.78. The van der Waals surface area contributed by atoms with E-state index in [2.05, 4.69) is 17.1 Å². The molecule has 0 spiro atoms. The molecule has 3 rings (SSSR count). The zero-order chi connectivity index (χ0) is 12.5. The number of nitrogens with one attached hydrogen (secondary N) is 1. The standard InChI is InChI=1S/C14H24N2O2/c1-2-16(8-10-5-6-18-9-10)14(17)12-7-11-3-4-13(12)15-11/h10-13,15H,2-9H2,1H3. The van der Waals surface area contributed by atoms with Gasteiger partial charge in [0.25, 0.3) is 0 Å². The topological polar surface area (TPSA) is 41.6 Å². The van der Waals surface area contributed by atoms with E-state index in [1.807, 2.05) is 0 Å². The monoisotopic (exact) mass is 252 g/mol. The predicted octanol–water partition coefficient (Wildman–Crippen LogP) is 1.01. The summed E-state index contributed by atoms with van der Waals surface area (Å²) in [7, 11) is 0. The first-order valence-electron chi connectivity index (χ1n) is 7.40. The van der Waals surface area contributed by atoms with Gasteiger partial charge in [-0.15, -0.1) is 0 Å². The largest absolute Gasteiger partial charge is 0.381 e. The highest BCUT2D eigenvalue weighted by molar-refractivity contribution is 5.80. The number of ether oxygens (including phenoxy) is 1. The van der Waals surface area contributed by atoms with Gasteiger partial charge >= 0.3 is 0 Å². The van der Waals surface area contributed by atoms with E-state index >= 15 is 0 Å². The van der Waals surface area contributed by atoms with E-state index < -0.39 is 0 Å². The SMILES string of the molecule is CCN(CC1CCOC1)C(=O)C1CC2CCC1N2. The Morgan fingerprint density at radius 1 is 1.39 bits per heavy atom. The molecule has 0 saturated carbocycles. The number of hydrogen-bond donors (Lipinski definition) is 1. The smallest absolute Gasteiger partial charge is 0.227 e. The van der Waals surface area contributed by atoms with Crippen LogP contribution >= 0.6 is 0 Å². The Morgan fingerprint density at radius 2 is 2.28 bits per heavy atom. The van der Waals surface area contributed by atoms with Crippen molar-refractivity contribution in [2.24, 2.45) is 11.8 Å². The third kappa shape index (κ3) is 2.28. The molecule has 18 heavy (non-hydrogen) atoms. The van der Waals surface area contributed by atoms with Gasteiger partial charge in [-0.05, 0) is 32.6 Å². The van der Waals surface area contributed by atoms with Crippen LogP contribution in [-0.4, -0.2) is 49.2 Å². The van der Waals surface area contributed by atoms with E-state index in [9.17, 15) is 4.79 Å². The summed E-state index contributed by atoms with van der Waals surface area (Å²) in [6.07, 6.45) is 4.61. The first kappa shape index (κ1) is 12.4. The van der Waals surface area contributed by atoms with Gasteiger partial charge in [0.05, 0.1) is 12.5 Å². The molecular formula is C14H24N2O2. The Labute approximate surface area is 109 Å². The molecule has 1 amide bonds. The van der Waals surface area contributed by atoms with E-state index in [0.29, 0.717) is 23.9 Å². The lowest BCUT2D eigenvalue weighted by Crippen LogP contribution is -2.43. The summed E-state index contributed by atoms with van der Waals surface area (Å²) in [5.74, 6) is 1.18. The Morgan fingerprint density at radius 3 is 2.83 bits per heavy atom. The lowest BCUT2D eigenvalue weighted by Gasteiger charge is -2.29.